The van der Waals surface area contributed by atoms with Crippen molar-refractivity contribution in [3.8, 4) is 0 Å². The van der Waals surface area contributed by atoms with Crippen molar-refractivity contribution in [2.24, 2.45) is 4.99 Å². The fourth-order valence-corrected chi connectivity index (χ4v) is 1.75. The second-order valence-electron chi connectivity index (χ2n) is 3.64. The molecule has 0 N–H and O–H groups in total. The van der Waals surface area contributed by atoms with Gasteiger partial charge in [-0.1, -0.05) is 6.07 Å². The molecule has 1 aliphatic rings. The maximum atomic E-state index is 4.42. The molecule has 68 valence electrons. The van der Waals surface area contributed by atoms with E-state index in [1.54, 1.807) is 0 Å². The number of hydrogen-bond acceptors (Lipinski definition) is 2. The highest BCUT2D eigenvalue weighted by atomic mass is 15.1. The van der Waals surface area contributed by atoms with E-state index in [1.165, 1.54) is 16.8 Å². The third kappa shape index (κ3) is 1.32. The van der Waals surface area contributed by atoms with Crippen molar-refractivity contribution in [2.75, 3.05) is 18.5 Å². The molecule has 0 bridgehead atoms. The van der Waals surface area contributed by atoms with Crippen LogP contribution in [-0.4, -0.2) is 19.8 Å². The molecule has 0 unspecified atom stereocenters. The molecule has 13 heavy (non-hydrogen) atoms. The Labute approximate surface area is 78.9 Å². The molecule has 1 aliphatic heterocycles. The number of anilines is 1. The van der Waals surface area contributed by atoms with Crippen LogP contribution in [-0.2, 0) is 0 Å². The van der Waals surface area contributed by atoms with Gasteiger partial charge in [-0.3, -0.25) is 4.99 Å². The van der Waals surface area contributed by atoms with Gasteiger partial charge in [-0.05, 0) is 31.0 Å². The van der Waals surface area contributed by atoms with Crippen LogP contribution < -0.4 is 4.90 Å². The Balaban J connectivity index is 2.64. The van der Waals surface area contributed by atoms with Gasteiger partial charge in [0.1, 0.15) is 0 Å². The second kappa shape index (κ2) is 2.87. The van der Waals surface area contributed by atoms with Gasteiger partial charge in [0.15, 0.2) is 0 Å². The molecule has 2 heteroatoms. The average Bonchev–Trinajstić information content (AvgIpc) is 2.07. The summed E-state index contributed by atoms with van der Waals surface area (Å²) in [7, 11) is 2.10. The minimum absolute atomic E-state index is 0.913. The molecule has 2 rings (SSSR count). The quantitative estimate of drug-likeness (QED) is 0.590. The van der Waals surface area contributed by atoms with Crippen LogP contribution in [0.15, 0.2) is 17.1 Å². The Morgan fingerprint density at radius 1 is 1.31 bits per heavy atom. The van der Waals surface area contributed by atoms with Crippen LogP contribution in [0.1, 0.15) is 11.1 Å². The zero-order chi connectivity index (χ0) is 9.42. The van der Waals surface area contributed by atoms with E-state index in [-0.39, 0.29) is 0 Å². The average molecular weight is 174 g/mol. The van der Waals surface area contributed by atoms with E-state index in [0.717, 1.165) is 12.2 Å². The molecule has 0 saturated carbocycles. The zero-order valence-corrected chi connectivity index (χ0v) is 8.33. The number of aliphatic imine (C=N–C) groups is 1. The Kier molecular flexibility index (Phi) is 1.83. The molecule has 0 aromatic heterocycles. The molecule has 1 heterocycles. The molecule has 0 spiro atoms. The fourth-order valence-electron chi connectivity index (χ4n) is 1.75. The van der Waals surface area contributed by atoms with Crippen LogP contribution in [0.4, 0.5) is 11.4 Å². The summed E-state index contributed by atoms with van der Waals surface area (Å²) in [5, 5.41) is 0. The van der Waals surface area contributed by atoms with E-state index < -0.39 is 0 Å². The molecular formula is C11H14N2. The lowest BCUT2D eigenvalue weighted by Crippen LogP contribution is -2.22. The summed E-state index contributed by atoms with van der Waals surface area (Å²) in [6.45, 7) is 5.15. The van der Waals surface area contributed by atoms with Crippen LogP contribution in [0, 0.1) is 13.8 Å². The highest BCUT2D eigenvalue weighted by molar-refractivity contribution is 5.83. The zero-order valence-electron chi connectivity index (χ0n) is 8.33. The Morgan fingerprint density at radius 2 is 2.08 bits per heavy atom. The monoisotopic (exact) mass is 174 g/mol. The number of rotatable bonds is 0. The van der Waals surface area contributed by atoms with E-state index in [9.17, 15) is 0 Å². The summed E-state index contributed by atoms with van der Waals surface area (Å²) in [6, 6.07) is 4.37. The molecule has 1 aromatic rings. The first-order valence-corrected chi connectivity index (χ1v) is 4.53. The van der Waals surface area contributed by atoms with Crippen molar-refractivity contribution in [3.05, 3.63) is 23.3 Å². The SMILES string of the molecule is Cc1cc(C)c2c(c1)N(C)CC=N2. The number of benzene rings is 1. The van der Waals surface area contributed by atoms with Crippen LogP contribution in [0.2, 0.25) is 0 Å². The maximum Gasteiger partial charge on any atom is 0.0889 e. The molecule has 0 fully saturated rings. The van der Waals surface area contributed by atoms with Gasteiger partial charge >= 0.3 is 0 Å². The number of hydrogen-bond donors (Lipinski definition) is 0. The van der Waals surface area contributed by atoms with Crippen LogP contribution in [0.5, 0.6) is 0 Å². The van der Waals surface area contributed by atoms with Crippen molar-refractivity contribution in [1.82, 2.24) is 0 Å². The van der Waals surface area contributed by atoms with Crippen molar-refractivity contribution >= 4 is 17.6 Å². The smallest absolute Gasteiger partial charge is 0.0889 e. The van der Waals surface area contributed by atoms with Gasteiger partial charge in [-0.15, -0.1) is 0 Å². The minimum atomic E-state index is 0.913. The molecule has 0 atom stereocenters. The first kappa shape index (κ1) is 8.30. The summed E-state index contributed by atoms with van der Waals surface area (Å²) in [6.07, 6.45) is 1.96. The normalized spacial score (nSPS) is 14.5. The predicted octanol–water partition coefficient (Wildman–Crippen LogP) is 2.46. The summed E-state index contributed by atoms with van der Waals surface area (Å²) in [5.74, 6) is 0. The highest BCUT2D eigenvalue weighted by Crippen LogP contribution is 2.34. The first-order chi connectivity index (χ1) is 6.18. The topological polar surface area (TPSA) is 15.6 Å². The summed E-state index contributed by atoms with van der Waals surface area (Å²) < 4.78 is 0. The molecule has 0 aliphatic carbocycles. The summed E-state index contributed by atoms with van der Waals surface area (Å²) in [4.78, 5) is 6.64. The van der Waals surface area contributed by atoms with E-state index in [1.807, 2.05) is 6.21 Å². The largest absolute Gasteiger partial charge is 0.368 e. The maximum absolute atomic E-state index is 4.42. The van der Waals surface area contributed by atoms with Gasteiger partial charge in [-0.25, -0.2) is 0 Å². The number of aryl methyl sites for hydroxylation is 2. The van der Waals surface area contributed by atoms with Crippen molar-refractivity contribution < 1.29 is 0 Å². The summed E-state index contributed by atoms with van der Waals surface area (Å²) in [5.41, 5.74) is 4.94. The van der Waals surface area contributed by atoms with Gasteiger partial charge in [-0.2, -0.15) is 0 Å². The van der Waals surface area contributed by atoms with Crippen molar-refractivity contribution in [3.63, 3.8) is 0 Å². The molecule has 0 amide bonds. The van der Waals surface area contributed by atoms with Gasteiger partial charge < -0.3 is 4.90 Å². The van der Waals surface area contributed by atoms with E-state index in [4.69, 9.17) is 0 Å². The van der Waals surface area contributed by atoms with Gasteiger partial charge in [0, 0.05) is 13.3 Å². The third-order valence-electron chi connectivity index (χ3n) is 2.41. The highest BCUT2D eigenvalue weighted by Gasteiger charge is 2.12. The van der Waals surface area contributed by atoms with E-state index in [2.05, 4.69) is 42.9 Å². The number of nitrogens with zero attached hydrogens (tertiary/aromatic N) is 2. The lowest BCUT2D eigenvalue weighted by atomic mass is 10.1. The molecule has 0 saturated heterocycles. The fraction of sp³-hybridized carbons (Fsp3) is 0.364. The van der Waals surface area contributed by atoms with Gasteiger partial charge in [0.05, 0.1) is 17.9 Å². The number of fused-ring (bicyclic) bond motifs is 1. The predicted molar refractivity (Wildman–Crippen MR) is 57.3 cm³/mol. The van der Waals surface area contributed by atoms with E-state index >= 15 is 0 Å². The lowest BCUT2D eigenvalue weighted by molar-refractivity contribution is 1.04. The Bertz CT molecular complexity index is 367. The van der Waals surface area contributed by atoms with Crippen molar-refractivity contribution in [1.29, 1.82) is 0 Å². The van der Waals surface area contributed by atoms with Gasteiger partial charge in [0.2, 0.25) is 0 Å². The molecule has 0 radical (unpaired) electrons. The van der Waals surface area contributed by atoms with E-state index in [0.29, 0.717) is 0 Å². The van der Waals surface area contributed by atoms with Crippen LogP contribution >= 0.6 is 0 Å². The van der Waals surface area contributed by atoms with Crippen molar-refractivity contribution in [2.45, 2.75) is 13.8 Å². The molecule has 1 aromatic carbocycles. The molecular weight excluding hydrogens is 160 g/mol. The van der Waals surface area contributed by atoms with Gasteiger partial charge in [0.25, 0.3) is 0 Å². The first-order valence-electron chi connectivity index (χ1n) is 4.53. The third-order valence-corrected chi connectivity index (χ3v) is 2.41. The standard InChI is InChI=1S/C11H14N2/c1-8-6-9(2)11-10(7-8)13(3)5-4-12-11/h4,6-7H,5H2,1-3H3. The van der Waals surface area contributed by atoms with Crippen LogP contribution in [0.3, 0.4) is 0 Å². The minimum Gasteiger partial charge on any atom is -0.368 e. The van der Waals surface area contributed by atoms with Crippen LogP contribution in [0.25, 0.3) is 0 Å². The Hall–Kier alpha value is -1.31. The molecule has 2 nitrogen and oxygen atoms in total. The second-order valence-corrected chi connectivity index (χ2v) is 3.64. The Morgan fingerprint density at radius 3 is 2.85 bits per heavy atom. The lowest BCUT2D eigenvalue weighted by Gasteiger charge is -2.24. The summed E-state index contributed by atoms with van der Waals surface area (Å²) >= 11 is 0.